The largest absolute Gasteiger partial charge is 0.465 e. The maximum atomic E-state index is 12.6. The fraction of sp³-hybridized carbons (Fsp3) is 0.882. The molecule has 1 heterocycles. The number of carbonyl (C=O) groups excluding carboxylic acids is 2. The molecule has 2 aliphatic rings. The molecule has 0 radical (unpaired) electrons. The van der Waals surface area contributed by atoms with E-state index in [9.17, 15) is 9.59 Å². The fourth-order valence-electron chi connectivity index (χ4n) is 3.72. The second-order valence-corrected chi connectivity index (χ2v) is 6.55. The molecule has 132 valence electrons. The van der Waals surface area contributed by atoms with Gasteiger partial charge in [-0.3, -0.25) is 9.59 Å². The van der Waals surface area contributed by atoms with Crippen LogP contribution in [0.25, 0.3) is 0 Å². The van der Waals surface area contributed by atoms with E-state index in [0.717, 1.165) is 0 Å². The molecule has 0 bridgehead atoms. The molecule has 0 N–H and O–H groups in total. The van der Waals surface area contributed by atoms with Crippen LogP contribution in [0, 0.1) is 11.3 Å². The highest BCUT2D eigenvalue weighted by Crippen LogP contribution is 2.54. The first kappa shape index (κ1) is 16.7. The van der Waals surface area contributed by atoms with Gasteiger partial charge in [0, 0.05) is 12.3 Å². The summed E-state index contributed by atoms with van der Waals surface area (Å²) in [5, 5.41) is 0. The summed E-state index contributed by atoms with van der Waals surface area (Å²) in [7, 11) is 0. The van der Waals surface area contributed by atoms with Gasteiger partial charge in [-0.1, -0.05) is 6.92 Å². The van der Waals surface area contributed by atoms with Crippen LogP contribution in [0.2, 0.25) is 0 Å². The number of esters is 2. The molecule has 0 aromatic rings. The van der Waals surface area contributed by atoms with Gasteiger partial charge in [-0.25, -0.2) is 0 Å². The average Bonchev–Trinajstić information content (AvgIpc) is 2.71. The van der Waals surface area contributed by atoms with Crippen LogP contribution in [0.4, 0.5) is 0 Å². The molecular weight excluding hydrogens is 300 g/mol. The van der Waals surface area contributed by atoms with Gasteiger partial charge in [0.1, 0.15) is 0 Å². The van der Waals surface area contributed by atoms with Gasteiger partial charge in [0.25, 0.3) is 0 Å². The topological polar surface area (TPSA) is 71.1 Å². The lowest BCUT2D eigenvalue weighted by Crippen LogP contribution is -2.50. The molecular formula is C17H28O6. The number of hydrogen-bond donors (Lipinski definition) is 0. The van der Waals surface area contributed by atoms with Crippen molar-refractivity contribution in [2.75, 3.05) is 13.2 Å². The number of carbonyl (C=O) groups is 2. The zero-order valence-corrected chi connectivity index (χ0v) is 14.6. The van der Waals surface area contributed by atoms with Crippen molar-refractivity contribution < 1.29 is 29.9 Å². The summed E-state index contributed by atoms with van der Waals surface area (Å²) in [5.41, 5.74) is -1.45. The van der Waals surface area contributed by atoms with Crippen molar-refractivity contribution in [1.82, 2.24) is 0 Å². The standard InChI is InChI=1S/C17H28O6/c1-6-20-14(18)16(15(19)21-7-2)9-11(3)17(10-16)22-12(4)8-13(5)23-17/h11-13H,6-10H2,1-5H3/i12D. The highest BCUT2D eigenvalue weighted by atomic mass is 16.7. The maximum Gasteiger partial charge on any atom is 0.323 e. The molecule has 2 rings (SSSR count). The average molecular weight is 329 g/mol. The van der Waals surface area contributed by atoms with Crippen LogP contribution >= 0.6 is 0 Å². The SMILES string of the molecule is [2H]C1(C)CC(C)OC2(CC(C(=O)OCC)(C(=O)OCC)CC2C)O1. The van der Waals surface area contributed by atoms with Crippen LogP contribution in [-0.4, -0.2) is 43.1 Å². The smallest absolute Gasteiger partial charge is 0.323 e. The first-order chi connectivity index (χ1) is 11.1. The third kappa shape index (κ3) is 3.24. The van der Waals surface area contributed by atoms with E-state index in [0.29, 0.717) is 6.42 Å². The third-order valence-corrected chi connectivity index (χ3v) is 4.61. The zero-order valence-electron chi connectivity index (χ0n) is 15.6. The molecule has 4 atom stereocenters. The Morgan fingerprint density at radius 2 is 1.70 bits per heavy atom. The van der Waals surface area contributed by atoms with Gasteiger partial charge in [-0.2, -0.15) is 0 Å². The highest BCUT2D eigenvalue weighted by molar-refractivity contribution is 6.00. The van der Waals surface area contributed by atoms with Crippen LogP contribution in [-0.2, 0) is 28.5 Å². The van der Waals surface area contributed by atoms with E-state index in [1.807, 2.05) is 13.8 Å². The third-order valence-electron chi connectivity index (χ3n) is 4.61. The normalized spacial score (nSPS) is 39.8. The predicted molar refractivity (Wildman–Crippen MR) is 82.5 cm³/mol. The minimum atomic E-state index is -1.45. The molecule has 1 saturated heterocycles. The maximum absolute atomic E-state index is 12.6. The predicted octanol–water partition coefficient (Wildman–Crippen LogP) is 2.44. The summed E-state index contributed by atoms with van der Waals surface area (Å²) in [6.07, 6.45) is -0.687. The van der Waals surface area contributed by atoms with Gasteiger partial charge in [0.2, 0.25) is 0 Å². The van der Waals surface area contributed by atoms with E-state index in [2.05, 4.69) is 0 Å². The molecule has 0 amide bonds. The zero-order chi connectivity index (χ0) is 18.2. The van der Waals surface area contributed by atoms with E-state index in [4.69, 9.17) is 20.3 Å². The number of rotatable bonds is 4. The molecule has 0 aromatic heterocycles. The number of ether oxygens (including phenoxy) is 4. The molecule has 2 fully saturated rings. The van der Waals surface area contributed by atoms with Gasteiger partial charge in [0.15, 0.2) is 11.2 Å². The number of hydrogen-bond acceptors (Lipinski definition) is 6. The van der Waals surface area contributed by atoms with E-state index in [-0.39, 0.29) is 38.1 Å². The first-order valence-corrected chi connectivity index (χ1v) is 8.33. The fourth-order valence-corrected chi connectivity index (χ4v) is 3.72. The van der Waals surface area contributed by atoms with Crippen molar-refractivity contribution in [3.05, 3.63) is 0 Å². The first-order valence-electron chi connectivity index (χ1n) is 8.83. The Labute approximate surface area is 139 Å². The lowest BCUT2D eigenvalue weighted by molar-refractivity contribution is -0.326. The quantitative estimate of drug-likeness (QED) is 0.583. The van der Waals surface area contributed by atoms with E-state index < -0.39 is 29.2 Å². The Balaban J connectivity index is 2.39. The van der Waals surface area contributed by atoms with E-state index in [1.165, 1.54) is 0 Å². The summed E-state index contributed by atoms with van der Waals surface area (Å²) in [6, 6.07) is 0. The lowest BCUT2D eigenvalue weighted by atomic mass is 9.85. The molecule has 1 aliphatic heterocycles. The van der Waals surface area contributed by atoms with Gasteiger partial charge in [-0.15, -0.1) is 0 Å². The Bertz CT molecular complexity index is 487. The van der Waals surface area contributed by atoms with Crippen LogP contribution < -0.4 is 0 Å². The summed E-state index contributed by atoms with van der Waals surface area (Å²) in [5.74, 6) is -2.62. The molecule has 4 unspecified atom stereocenters. The van der Waals surface area contributed by atoms with Gasteiger partial charge >= 0.3 is 11.9 Å². The second kappa shape index (κ2) is 6.77. The minimum absolute atomic E-state index is 0.0116. The van der Waals surface area contributed by atoms with Crippen LogP contribution in [0.3, 0.4) is 0 Å². The molecule has 6 heteroatoms. The summed E-state index contributed by atoms with van der Waals surface area (Å²) < 4.78 is 30.6. The Kier molecular flexibility index (Phi) is 4.92. The van der Waals surface area contributed by atoms with Gasteiger partial charge < -0.3 is 18.9 Å². The van der Waals surface area contributed by atoms with Crippen molar-refractivity contribution >= 4 is 11.9 Å². The summed E-state index contributed by atoms with van der Waals surface area (Å²) >= 11 is 0. The van der Waals surface area contributed by atoms with Crippen LogP contribution in [0.1, 0.15) is 55.3 Å². The summed E-state index contributed by atoms with van der Waals surface area (Å²) in [6.45, 7) is 9.16. The van der Waals surface area contributed by atoms with Crippen molar-refractivity contribution in [3.8, 4) is 0 Å². The lowest BCUT2D eigenvalue weighted by Gasteiger charge is -2.43. The van der Waals surface area contributed by atoms with Crippen molar-refractivity contribution in [2.45, 2.75) is 71.9 Å². The Hall–Kier alpha value is -1.14. The van der Waals surface area contributed by atoms with Crippen molar-refractivity contribution in [3.63, 3.8) is 0 Å². The van der Waals surface area contributed by atoms with Crippen molar-refractivity contribution in [1.29, 1.82) is 0 Å². The van der Waals surface area contributed by atoms with Crippen LogP contribution in [0.5, 0.6) is 0 Å². The molecule has 6 nitrogen and oxygen atoms in total. The van der Waals surface area contributed by atoms with Crippen LogP contribution in [0.15, 0.2) is 0 Å². The minimum Gasteiger partial charge on any atom is -0.465 e. The van der Waals surface area contributed by atoms with E-state index in [1.54, 1.807) is 20.8 Å². The molecule has 0 aromatic carbocycles. The molecule has 1 saturated carbocycles. The second-order valence-electron chi connectivity index (χ2n) is 6.55. The van der Waals surface area contributed by atoms with Gasteiger partial charge in [-0.05, 0) is 40.5 Å². The van der Waals surface area contributed by atoms with Gasteiger partial charge in [0.05, 0.1) is 26.8 Å². The van der Waals surface area contributed by atoms with Crippen molar-refractivity contribution in [2.24, 2.45) is 11.3 Å². The summed E-state index contributed by atoms with van der Waals surface area (Å²) in [4.78, 5) is 25.2. The Morgan fingerprint density at radius 3 is 2.17 bits per heavy atom. The molecule has 1 aliphatic carbocycles. The molecule has 23 heavy (non-hydrogen) atoms. The van der Waals surface area contributed by atoms with E-state index >= 15 is 0 Å². The highest BCUT2D eigenvalue weighted by Gasteiger charge is 2.65. The monoisotopic (exact) mass is 329 g/mol. The molecule has 1 spiro atoms. The Morgan fingerprint density at radius 1 is 1.13 bits per heavy atom.